The lowest BCUT2D eigenvalue weighted by molar-refractivity contribution is 0.0468. The number of carbonyl (C=O) groups is 1. The molecule has 0 aliphatic heterocycles. The van der Waals surface area contributed by atoms with Crippen molar-refractivity contribution in [1.82, 2.24) is 4.98 Å². The van der Waals surface area contributed by atoms with Crippen LogP contribution in [0.15, 0.2) is 60.0 Å². The second-order valence-electron chi connectivity index (χ2n) is 5.04. The van der Waals surface area contributed by atoms with Crippen molar-refractivity contribution in [2.24, 2.45) is 0 Å². The molecule has 0 aliphatic carbocycles. The third-order valence-electron chi connectivity index (χ3n) is 3.32. The maximum atomic E-state index is 11.9. The van der Waals surface area contributed by atoms with Gasteiger partial charge in [-0.05, 0) is 43.3 Å². The third-order valence-corrected chi connectivity index (χ3v) is 4.26. The minimum absolute atomic E-state index is 0.168. The number of rotatable bonds is 6. The number of hydrogen-bond donors (Lipinski definition) is 0. The highest BCUT2D eigenvalue weighted by molar-refractivity contribution is 7.13. The van der Waals surface area contributed by atoms with Crippen LogP contribution in [0.1, 0.15) is 23.0 Å². The monoisotopic (exact) mass is 339 g/mol. The Morgan fingerprint density at radius 2 is 1.83 bits per heavy atom. The fourth-order valence-corrected chi connectivity index (χ4v) is 2.97. The highest BCUT2D eigenvalue weighted by atomic mass is 32.1. The van der Waals surface area contributed by atoms with E-state index >= 15 is 0 Å². The van der Waals surface area contributed by atoms with Gasteiger partial charge in [-0.25, -0.2) is 9.78 Å². The van der Waals surface area contributed by atoms with Gasteiger partial charge in [0.05, 0.1) is 17.9 Å². The summed E-state index contributed by atoms with van der Waals surface area (Å²) in [4.78, 5) is 16.5. The summed E-state index contributed by atoms with van der Waals surface area (Å²) in [6.07, 6.45) is 0. The molecule has 5 heteroatoms. The van der Waals surface area contributed by atoms with E-state index in [4.69, 9.17) is 9.47 Å². The molecule has 0 atom stereocenters. The predicted octanol–water partition coefficient (Wildman–Crippen LogP) is 4.57. The lowest BCUT2D eigenvalue weighted by Gasteiger charge is -2.03. The van der Waals surface area contributed by atoms with Crippen molar-refractivity contribution in [2.75, 3.05) is 6.61 Å². The van der Waals surface area contributed by atoms with Gasteiger partial charge in [0.2, 0.25) is 0 Å². The summed E-state index contributed by atoms with van der Waals surface area (Å²) in [5.41, 5.74) is 2.30. The molecule has 0 aliphatic rings. The summed E-state index contributed by atoms with van der Waals surface area (Å²) in [5, 5.41) is 2.80. The maximum Gasteiger partial charge on any atom is 0.338 e. The number of carbonyl (C=O) groups excluding carboxylic acids is 1. The molecule has 0 saturated carbocycles. The first-order valence-electron chi connectivity index (χ1n) is 7.66. The maximum absolute atomic E-state index is 11.9. The molecule has 0 radical (unpaired) electrons. The van der Waals surface area contributed by atoms with Crippen LogP contribution in [0.3, 0.4) is 0 Å². The van der Waals surface area contributed by atoms with Crippen LogP contribution < -0.4 is 4.74 Å². The van der Waals surface area contributed by atoms with E-state index < -0.39 is 0 Å². The molecule has 122 valence electrons. The molecule has 24 heavy (non-hydrogen) atoms. The van der Waals surface area contributed by atoms with E-state index in [1.54, 1.807) is 12.1 Å². The molecule has 1 aromatic heterocycles. The number of hydrogen-bond acceptors (Lipinski definition) is 5. The van der Waals surface area contributed by atoms with Gasteiger partial charge in [-0.3, -0.25) is 0 Å². The van der Waals surface area contributed by atoms with Crippen LogP contribution in [0.2, 0.25) is 0 Å². The Morgan fingerprint density at radius 3 is 2.54 bits per heavy atom. The Hall–Kier alpha value is -2.66. The molecular formula is C19H17NO3S. The second kappa shape index (κ2) is 7.75. The van der Waals surface area contributed by atoms with E-state index in [0.29, 0.717) is 12.2 Å². The van der Waals surface area contributed by atoms with Crippen molar-refractivity contribution in [3.8, 4) is 16.3 Å². The molecule has 0 N–H and O–H groups in total. The summed E-state index contributed by atoms with van der Waals surface area (Å²) in [6.45, 7) is 2.77. The van der Waals surface area contributed by atoms with Crippen LogP contribution >= 0.6 is 11.3 Å². The van der Waals surface area contributed by atoms with Crippen molar-refractivity contribution in [3.63, 3.8) is 0 Å². The first-order valence-corrected chi connectivity index (χ1v) is 8.54. The average Bonchev–Trinajstić information content (AvgIpc) is 3.10. The smallest absolute Gasteiger partial charge is 0.338 e. The van der Waals surface area contributed by atoms with Crippen LogP contribution in [0.4, 0.5) is 0 Å². The van der Waals surface area contributed by atoms with E-state index in [2.05, 4.69) is 4.98 Å². The van der Waals surface area contributed by atoms with Crippen molar-refractivity contribution < 1.29 is 14.3 Å². The topological polar surface area (TPSA) is 48.4 Å². The zero-order chi connectivity index (χ0) is 16.8. The van der Waals surface area contributed by atoms with Gasteiger partial charge in [0.1, 0.15) is 17.4 Å². The number of aromatic nitrogens is 1. The van der Waals surface area contributed by atoms with Crippen LogP contribution in [0.5, 0.6) is 5.75 Å². The first-order chi connectivity index (χ1) is 11.8. The first kappa shape index (κ1) is 16.2. The molecule has 4 nitrogen and oxygen atoms in total. The molecule has 0 bridgehead atoms. The SMILES string of the molecule is CCOc1ccc(-c2nc(COC(=O)c3ccccc3)cs2)cc1. The molecule has 0 amide bonds. The van der Waals surface area contributed by atoms with E-state index in [1.807, 2.05) is 54.8 Å². The van der Waals surface area contributed by atoms with Crippen molar-refractivity contribution in [3.05, 3.63) is 71.2 Å². The Labute approximate surface area is 144 Å². The standard InChI is InChI=1S/C19H17NO3S/c1-2-22-17-10-8-14(9-11-17)18-20-16(13-24-18)12-23-19(21)15-6-4-3-5-7-15/h3-11,13H,2,12H2,1H3. The fraction of sp³-hybridized carbons (Fsp3) is 0.158. The van der Waals surface area contributed by atoms with E-state index in [9.17, 15) is 4.79 Å². The fourth-order valence-electron chi connectivity index (χ4n) is 2.16. The van der Waals surface area contributed by atoms with Gasteiger partial charge in [0.15, 0.2) is 0 Å². The highest BCUT2D eigenvalue weighted by Gasteiger charge is 2.09. The molecular weight excluding hydrogens is 322 g/mol. The molecule has 0 fully saturated rings. The van der Waals surface area contributed by atoms with E-state index in [0.717, 1.165) is 22.0 Å². The summed E-state index contributed by atoms with van der Waals surface area (Å²) in [7, 11) is 0. The van der Waals surface area contributed by atoms with Crippen LogP contribution in [-0.2, 0) is 11.3 Å². The molecule has 3 aromatic rings. The minimum atomic E-state index is -0.341. The van der Waals surface area contributed by atoms with Gasteiger partial charge < -0.3 is 9.47 Å². The Bertz CT molecular complexity index is 797. The van der Waals surface area contributed by atoms with Crippen molar-refractivity contribution in [1.29, 1.82) is 0 Å². The van der Waals surface area contributed by atoms with Crippen LogP contribution in [-0.4, -0.2) is 17.6 Å². The zero-order valence-corrected chi connectivity index (χ0v) is 14.1. The number of esters is 1. The molecule has 1 heterocycles. The number of thiazole rings is 1. The number of nitrogens with zero attached hydrogens (tertiary/aromatic N) is 1. The quantitative estimate of drug-likeness (QED) is 0.618. The van der Waals surface area contributed by atoms with Gasteiger partial charge in [0.25, 0.3) is 0 Å². The Kier molecular flexibility index (Phi) is 5.23. The van der Waals surface area contributed by atoms with Gasteiger partial charge in [-0.2, -0.15) is 0 Å². The van der Waals surface area contributed by atoms with Gasteiger partial charge in [-0.15, -0.1) is 11.3 Å². The van der Waals surface area contributed by atoms with Crippen LogP contribution in [0.25, 0.3) is 10.6 Å². The summed E-state index contributed by atoms with van der Waals surface area (Å²) < 4.78 is 10.7. The molecule has 0 spiro atoms. The Morgan fingerprint density at radius 1 is 1.08 bits per heavy atom. The molecule has 2 aromatic carbocycles. The van der Waals surface area contributed by atoms with Crippen LogP contribution in [0, 0.1) is 0 Å². The van der Waals surface area contributed by atoms with Crippen molar-refractivity contribution >= 4 is 17.3 Å². The normalized spacial score (nSPS) is 10.4. The van der Waals surface area contributed by atoms with E-state index in [1.165, 1.54) is 11.3 Å². The third kappa shape index (κ3) is 4.00. The minimum Gasteiger partial charge on any atom is -0.494 e. The molecule has 0 saturated heterocycles. The Balaban J connectivity index is 1.62. The second-order valence-corrected chi connectivity index (χ2v) is 5.90. The van der Waals surface area contributed by atoms with Gasteiger partial charge >= 0.3 is 5.97 Å². The summed E-state index contributed by atoms with van der Waals surface area (Å²) in [6, 6.07) is 16.7. The summed E-state index contributed by atoms with van der Waals surface area (Å²) >= 11 is 1.53. The number of benzene rings is 2. The zero-order valence-electron chi connectivity index (χ0n) is 13.3. The summed E-state index contributed by atoms with van der Waals surface area (Å²) in [5.74, 6) is 0.501. The van der Waals surface area contributed by atoms with Crippen molar-refractivity contribution in [2.45, 2.75) is 13.5 Å². The highest BCUT2D eigenvalue weighted by Crippen LogP contribution is 2.26. The largest absolute Gasteiger partial charge is 0.494 e. The van der Waals surface area contributed by atoms with E-state index in [-0.39, 0.29) is 12.6 Å². The lowest BCUT2D eigenvalue weighted by Crippen LogP contribution is -2.05. The predicted molar refractivity (Wildman–Crippen MR) is 94.3 cm³/mol. The average molecular weight is 339 g/mol. The van der Waals surface area contributed by atoms with Gasteiger partial charge in [-0.1, -0.05) is 18.2 Å². The molecule has 0 unspecified atom stereocenters. The lowest BCUT2D eigenvalue weighted by atomic mass is 10.2. The number of ether oxygens (including phenoxy) is 2. The molecule has 3 rings (SSSR count). The van der Waals surface area contributed by atoms with Gasteiger partial charge in [0, 0.05) is 10.9 Å².